The van der Waals surface area contributed by atoms with E-state index in [9.17, 15) is 0 Å². The van der Waals surface area contributed by atoms with E-state index in [0.717, 1.165) is 6.42 Å². The van der Waals surface area contributed by atoms with Crippen molar-refractivity contribution in [3.05, 3.63) is 58.2 Å². The summed E-state index contributed by atoms with van der Waals surface area (Å²) in [6.07, 6.45) is 7.79. The van der Waals surface area contributed by atoms with Crippen molar-refractivity contribution >= 4 is 0 Å². The molecule has 0 heterocycles. The first-order valence-corrected chi connectivity index (χ1v) is 6.37. The van der Waals surface area contributed by atoms with Gasteiger partial charge in [0.15, 0.2) is 0 Å². The first-order valence-electron chi connectivity index (χ1n) is 6.37. The number of hydrogen-bond acceptors (Lipinski definition) is 0. The summed E-state index contributed by atoms with van der Waals surface area (Å²) in [7, 11) is 0. The van der Waals surface area contributed by atoms with E-state index in [0.29, 0.717) is 0 Å². The van der Waals surface area contributed by atoms with E-state index in [1.165, 1.54) is 27.8 Å². The van der Waals surface area contributed by atoms with Crippen LogP contribution in [0.25, 0.3) is 0 Å². The monoisotopic (exact) mass is 226 g/mol. The highest BCUT2D eigenvalue weighted by Gasteiger charge is 2.27. The van der Waals surface area contributed by atoms with Crippen molar-refractivity contribution in [3.8, 4) is 0 Å². The third-order valence-corrected chi connectivity index (χ3v) is 4.06. The lowest BCUT2D eigenvalue weighted by molar-refractivity contribution is 0.608. The first kappa shape index (κ1) is 12.2. The van der Waals surface area contributed by atoms with Crippen LogP contribution in [0.2, 0.25) is 0 Å². The molecule has 1 aliphatic rings. The molecule has 0 saturated heterocycles. The van der Waals surface area contributed by atoms with Crippen LogP contribution in [-0.2, 0) is 5.41 Å². The maximum atomic E-state index is 2.35. The molecule has 1 aromatic rings. The van der Waals surface area contributed by atoms with E-state index in [-0.39, 0.29) is 5.41 Å². The Morgan fingerprint density at radius 1 is 1.06 bits per heavy atom. The third kappa shape index (κ3) is 2.09. The highest BCUT2D eigenvalue weighted by molar-refractivity contribution is 5.47. The lowest BCUT2D eigenvalue weighted by atomic mass is 9.74. The summed E-state index contributed by atoms with van der Waals surface area (Å²) in [6.45, 7) is 11.3. The molecule has 0 atom stereocenters. The molecule has 0 nitrogen and oxygen atoms in total. The second-order valence-electron chi connectivity index (χ2n) is 5.70. The van der Waals surface area contributed by atoms with Crippen molar-refractivity contribution in [3.63, 3.8) is 0 Å². The molecule has 0 N–H and O–H groups in total. The minimum Gasteiger partial charge on any atom is -0.0804 e. The Morgan fingerprint density at radius 2 is 1.76 bits per heavy atom. The number of benzene rings is 1. The summed E-state index contributed by atoms with van der Waals surface area (Å²) in [5, 5.41) is 0. The second kappa shape index (κ2) is 4.18. The molecule has 0 radical (unpaired) electrons. The van der Waals surface area contributed by atoms with Gasteiger partial charge >= 0.3 is 0 Å². The number of aryl methyl sites for hydroxylation is 2. The van der Waals surface area contributed by atoms with Gasteiger partial charge in [-0.15, -0.1) is 0 Å². The minimum absolute atomic E-state index is 0.143. The Balaban J connectivity index is 2.53. The molecule has 0 aliphatic heterocycles. The molecule has 1 aromatic carbocycles. The van der Waals surface area contributed by atoms with Gasteiger partial charge in [0.1, 0.15) is 0 Å². The Hall–Kier alpha value is -1.30. The van der Waals surface area contributed by atoms with Gasteiger partial charge < -0.3 is 0 Å². The van der Waals surface area contributed by atoms with Crippen molar-refractivity contribution < 1.29 is 0 Å². The minimum atomic E-state index is 0.143. The fourth-order valence-corrected chi connectivity index (χ4v) is 2.77. The van der Waals surface area contributed by atoms with Crippen molar-refractivity contribution in [2.75, 3.05) is 0 Å². The SMILES string of the molecule is Cc1cc(C)c(C)c(C(C)(C)C2=CC=CC2)c1. The van der Waals surface area contributed by atoms with Crippen molar-refractivity contribution in [1.29, 1.82) is 0 Å². The Morgan fingerprint density at radius 3 is 2.35 bits per heavy atom. The maximum Gasteiger partial charge on any atom is 0.0114 e. The van der Waals surface area contributed by atoms with Gasteiger partial charge in [-0.1, -0.05) is 55.3 Å². The molecule has 0 aromatic heterocycles. The molecule has 17 heavy (non-hydrogen) atoms. The van der Waals surface area contributed by atoms with Gasteiger partial charge in [-0.3, -0.25) is 0 Å². The molecular weight excluding hydrogens is 204 g/mol. The van der Waals surface area contributed by atoms with Crippen molar-refractivity contribution in [2.24, 2.45) is 0 Å². The zero-order valence-electron chi connectivity index (χ0n) is 11.6. The second-order valence-corrected chi connectivity index (χ2v) is 5.70. The molecule has 0 fully saturated rings. The van der Waals surface area contributed by atoms with Crippen LogP contribution in [0.15, 0.2) is 35.9 Å². The van der Waals surface area contributed by atoms with Crippen LogP contribution in [-0.4, -0.2) is 0 Å². The van der Waals surface area contributed by atoms with Gasteiger partial charge in [-0.2, -0.15) is 0 Å². The summed E-state index contributed by atoms with van der Waals surface area (Å²) >= 11 is 0. The van der Waals surface area contributed by atoms with Crippen LogP contribution < -0.4 is 0 Å². The lowest BCUT2D eigenvalue weighted by Gasteiger charge is -2.30. The Labute approximate surface area is 105 Å². The zero-order valence-corrected chi connectivity index (χ0v) is 11.6. The quantitative estimate of drug-likeness (QED) is 0.681. The van der Waals surface area contributed by atoms with Gasteiger partial charge in [0.25, 0.3) is 0 Å². The van der Waals surface area contributed by atoms with E-state index >= 15 is 0 Å². The molecular formula is C17H22. The van der Waals surface area contributed by atoms with Crippen LogP contribution >= 0.6 is 0 Å². The molecule has 0 unspecified atom stereocenters. The lowest BCUT2D eigenvalue weighted by Crippen LogP contribution is -2.21. The van der Waals surface area contributed by atoms with Crippen LogP contribution in [0.5, 0.6) is 0 Å². The number of allylic oxidation sites excluding steroid dienone is 4. The molecule has 0 bridgehead atoms. The normalized spacial score (nSPS) is 15.2. The summed E-state index contributed by atoms with van der Waals surface area (Å²) in [5.74, 6) is 0. The highest BCUT2D eigenvalue weighted by atomic mass is 14.3. The van der Waals surface area contributed by atoms with Crippen LogP contribution in [0, 0.1) is 20.8 Å². The van der Waals surface area contributed by atoms with Crippen LogP contribution in [0.4, 0.5) is 0 Å². The van der Waals surface area contributed by atoms with Gasteiger partial charge in [0.05, 0.1) is 0 Å². The molecule has 0 amide bonds. The summed E-state index contributed by atoms with van der Waals surface area (Å²) in [6, 6.07) is 4.62. The summed E-state index contributed by atoms with van der Waals surface area (Å²) < 4.78 is 0. The van der Waals surface area contributed by atoms with E-state index in [1.54, 1.807) is 0 Å². The average Bonchev–Trinajstić information content (AvgIpc) is 2.76. The Kier molecular flexibility index (Phi) is 2.99. The fourth-order valence-electron chi connectivity index (χ4n) is 2.77. The zero-order chi connectivity index (χ0) is 12.6. The largest absolute Gasteiger partial charge is 0.0804 e. The molecule has 90 valence electrons. The maximum absolute atomic E-state index is 2.35. The number of hydrogen-bond donors (Lipinski definition) is 0. The molecule has 2 rings (SSSR count). The van der Waals surface area contributed by atoms with Gasteiger partial charge in [-0.25, -0.2) is 0 Å². The van der Waals surface area contributed by atoms with Crippen LogP contribution in [0.3, 0.4) is 0 Å². The smallest absolute Gasteiger partial charge is 0.0114 e. The van der Waals surface area contributed by atoms with Gasteiger partial charge in [0, 0.05) is 5.41 Å². The van der Waals surface area contributed by atoms with E-state index < -0.39 is 0 Å². The fraction of sp³-hybridized carbons (Fsp3) is 0.412. The molecule has 1 aliphatic carbocycles. The van der Waals surface area contributed by atoms with Crippen molar-refractivity contribution in [2.45, 2.75) is 46.5 Å². The van der Waals surface area contributed by atoms with Gasteiger partial charge in [0.2, 0.25) is 0 Å². The van der Waals surface area contributed by atoms with E-state index in [2.05, 4.69) is 65.0 Å². The molecule has 0 spiro atoms. The summed E-state index contributed by atoms with van der Waals surface area (Å²) in [4.78, 5) is 0. The van der Waals surface area contributed by atoms with Crippen LogP contribution in [0.1, 0.15) is 42.5 Å². The third-order valence-electron chi connectivity index (χ3n) is 4.06. The van der Waals surface area contributed by atoms with E-state index in [4.69, 9.17) is 0 Å². The highest BCUT2D eigenvalue weighted by Crippen LogP contribution is 2.38. The first-order chi connectivity index (χ1) is 7.93. The predicted molar refractivity (Wildman–Crippen MR) is 75.5 cm³/mol. The molecule has 0 heteroatoms. The van der Waals surface area contributed by atoms with E-state index in [1.807, 2.05) is 0 Å². The van der Waals surface area contributed by atoms with Gasteiger partial charge in [-0.05, 0) is 43.9 Å². The van der Waals surface area contributed by atoms with Crippen molar-refractivity contribution in [1.82, 2.24) is 0 Å². The standard InChI is InChI=1S/C17H22/c1-12-10-13(2)14(3)16(11-12)17(4,5)15-8-6-7-9-15/h6-8,10-11H,9H2,1-5H3. The Bertz CT molecular complexity index is 499. The molecule has 0 saturated carbocycles. The summed E-state index contributed by atoms with van der Waals surface area (Å²) in [5.41, 5.74) is 7.34. The average molecular weight is 226 g/mol. The topological polar surface area (TPSA) is 0 Å². The predicted octanol–water partition coefficient (Wildman–Crippen LogP) is 4.78. The number of rotatable bonds is 2.